The summed E-state index contributed by atoms with van der Waals surface area (Å²) in [6, 6.07) is 5.81. The van der Waals surface area contributed by atoms with Gasteiger partial charge in [0.15, 0.2) is 5.82 Å². The topological polar surface area (TPSA) is 103 Å². The lowest BCUT2D eigenvalue weighted by molar-refractivity contribution is 0.384. The van der Waals surface area contributed by atoms with E-state index in [4.69, 9.17) is 4.52 Å². The first kappa shape index (κ1) is 16.3. The van der Waals surface area contributed by atoms with E-state index in [1.807, 2.05) is 6.92 Å². The minimum absolute atomic E-state index is 0.169. The third-order valence-electron chi connectivity index (χ3n) is 3.46. The Labute approximate surface area is 139 Å². The van der Waals surface area contributed by atoms with Crippen LogP contribution in [0.4, 0.5) is 0 Å². The van der Waals surface area contributed by atoms with Crippen LogP contribution in [-0.2, 0) is 17.1 Å². The maximum Gasteiger partial charge on any atom is 0.241 e. The molecule has 0 aliphatic heterocycles. The molecule has 0 amide bonds. The second kappa shape index (κ2) is 6.17. The molecule has 3 rings (SSSR count). The molecule has 126 valence electrons. The number of nitrogens with one attached hydrogen (secondary N) is 1. The van der Waals surface area contributed by atoms with Crippen LogP contribution >= 0.6 is 0 Å². The molecule has 1 aromatic carbocycles. The number of hydrogen-bond acceptors (Lipinski definition) is 6. The Morgan fingerprint density at radius 2 is 1.92 bits per heavy atom. The molecule has 0 radical (unpaired) electrons. The molecule has 24 heavy (non-hydrogen) atoms. The van der Waals surface area contributed by atoms with E-state index in [0.29, 0.717) is 11.5 Å². The zero-order chi connectivity index (χ0) is 17.3. The molecular weight excluding hydrogens is 330 g/mol. The van der Waals surface area contributed by atoms with Gasteiger partial charge in [-0.05, 0) is 19.1 Å². The van der Waals surface area contributed by atoms with Gasteiger partial charge in [-0.15, -0.1) is 0 Å². The molecule has 0 saturated carbocycles. The van der Waals surface area contributed by atoms with E-state index in [1.165, 1.54) is 0 Å². The molecule has 9 heteroatoms. The highest BCUT2D eigenvalue weighted by Crippen LogP contribution is 2.22. The Kier molecular flexibility index (Phi) is 4.20. The van der Waals surface area contributed by atoms with E-state index in [9.17, 15) is 8.42 Å². The molecule has 2 aromatic heterocycles. The van der Waals surface area contributed by atoms with Gasteiger partial charge in [-0.25, -0.2) is 8.42 Å². The van der Waals surface area contributed by atoms with E-state index in [0.717, 1.165) is 5.56 Å². The number of aromatic nitrogens is 4. The fraction of sp³-hybridized carbons (Fsp3) is 0.267. The number of hydrogen-bond donors (Lipinski definition) is 1. The van der Waals surface area contributed by atoms with Crippen molar-refractivity contribution in [3.05, 3.63) is 59.5 Å². The summed E-state index contributed by atoms with van der Waals surface area (Å²) in [4.78, 5) is 4.32. The number of rotatable bonds is 5. The van der Waals surface area contributed by atoms with Crippen LogP contribution < -0.4 is 4.72 Å². The van der Waals surface area contributed by atoms with Crippen molar-refractivity contribution in [3.8, 4) is 0 Å². The molecule has 0 aliphatic rings. The standard InChI is InChI=1S/C15H17N5O3S/c1-10-4-6-13(7-5-10)24(21,22)19-14(12-8-16-20(3)9-12)15-17-11(2)23-18-15/h4-9,14,19H,1-3H3/t14-/m0/s1. The minimum Gasteiger partial charge on any atom is -0.340 e. The van der Waals surface area contributed by atoms with Crippen molar-refractivity contribution in [3.63, 3.8) is 0 Å². The monoisotopic (exact) mass is 347 g/mol. The van der Waals surface area contributed by atoms with Gasteiger partial charge >= 0.3 is 0 Å². The average molecular weight is 347 g/mol. The van der Waals surface area contributed by atoms with Crippen LogP contribution in [-0.4, -0.2) is 28.3 Å². The van der Waals surface area contributed by atoms with Gasteiger partial charge in [-0.3, -0.25) is 4.68 Å². The van der Waals surface area contributed by atoms with E-state index >= 15 is 0 Å². The van der Waals surface area contributed by atoms with Crippen LogP contribution in [0, 0.1) is 13.8 Å². The van der Waals surface area contributed by atoms with Crippen molar-refractivity contribution in [2.45, 2.75) is 24.8 Å². The molecule has 3 aromatic rings. The second-order valence-electron chi connectivity index (χ2n) is 5.49. The van der Waals surface area contributed by atoms with Crippen molar-refractivity contribution in [1.29, 1.82) is 0 Å². The highest BCUT2D eigenvalue weighted by Gasteiger charge is 2.27. The zero-order valence-electron chi connectivity index (χ0n) is 13.5. The van der Waals surface area contributed by atoms with Crippen LogP contribution in [0.3, 0.4) is 0 Å². The van der Waals surface area contributed by atoms with Crippen molar-refractivity contribution in [2.75, 3.05) is 0 Å². The summed E-state index contributed by atoms with van der Waals surface area (Å²) in [5.74, 6) is 0.588. The zero-order valence-corrected chi connectivity index (χ0v) is 14.3. The minimum atomic E-state index is -3.76. The van der Waals surface area contributed by atoms with Crippen LogP contribution in [0.2, 0.25) is 0 Å². The molecule has 1 N–H and O–H groups in total. The molecule has 2 heterocycles. The molecule has 0 saturated heterocycles. The summed E-state index contributed by atoms with van der Waals surface area (Å²) in [6.07, 6.45) is 3.27. The van der Waals surface area contributed by atoms with Crippen molar-refractivity contribution in [1.82, 2.24) is 24.6 Å². The number of sulfonamides is 1. The number of aryl methyl sites for hydroxylation is 3. The van der Waals surface area contributed by atoms with Crippen LogP contribution in [0.25, 0.3) is 0 Å². The predicted octanol–water partition coefficient (Wildman–Crippen LogP) is 1.49. The Morgan fingerprint density at radius 3 is 2.46 bits per heavy atom. The van der Waals surface area contributed by atoms with Gasteiger partial charge in [0.2, 0.25) is 15.9 Å². The third-order valence-corrected chi connectivity index (χ3v) is 4.90. The van der Waals surface area contributed by atoms with Gasteiger partial charge in [-0.2, -0.15) is 14.8 Å². The lowest BCUT2D eigenvalue weighted by Crippen LogP contribution is -2.30. The largest absolute Gasteiger partial charge is 0.340 e. The summed E-state index contributed by atoms with van der Waals surface area (Å²) in [5, 5.41) is 7.92. The van der Waals surface area contributed by atoms with Gasteiger partial charge in [0.25, 0.3) is 0 Å². The average Bonchev–Trinajstić information content (AvgIpc) is 3.14. The number of benzene rings is 1. The Morgan fingerprint density at radius 1 is 1.21 bits per heavy atom. The highest BCUT2D eigenvalue weighted by atomic mass is 32.2. The fourth-order valence-corrected chi connectivity index (χ4v) is 3.41. The molecule has 8 nitrogen and oxygen atoms in total. The van der Waals surface area contributed by atoms with E-state index in [2.05, 4.69) is 20.0 Å². The van der Waals surface area contributed by atoms with E-state index in [-0.39, 0.29) is 10.7 Å². The smallest absolute Gasteiger partial charge is 0.241 e. The first-order valence-corrected chi connectivity index (χ1v) is 8.71. The summed E-state index contributed by atoms with van der Waals surface area (Å²) in [6.45, 7) is 3.54. The molecular formula is C15H17N5O3S. The quantitative estimate of drug-likeness (QED) is 0.750. The summed E-state index contributed by atoms with van der Waals surface area (Å²) in [5.41, 5.74) is 1.60. The van der Waals surface area contributed by atoms with Crippen LogP contribution in [0.15, 0.2) is 46.1 Å². The van der Waals surface area contributed by atoms with E-state index < -0.39 is 16.1 Å². The summed E-state index contributed by atoms with van der Waals surface area (Å²) < 4.78 is 34.6. The van der Waals surface area contributed by atoms with E-state index in [1.54, 1.807) is 55.3 Å². The molecule has 0 bridgehead atoms. The van der Waals surface area contributed by atoms with Gasteiger partial charge in [-0.1, -0.05) is 22.9 Å². The lowest BCUT2D eigenvalue weighted by Gasteiger charge is -2.14. The second-order valence-corrected chi connectivity index (χ2v) is 7.20. The third kappa shape index (κ3) is 3.36. The first-order valence-electron chi connectivity index (χ1n) is 7.23. The van der Waals surface area contributed by atoms with Crippen LogP contribution in [0.5, 0.6) is 0 Å². The van der Waals surface area contributed by atoms with Gasteiger partial charge in [0.1, 0.15) is 6.04 Å². The highest BCUT2D eigenvalue weighted by molar-refractivity contribution is 7.89. The van der Waals surface area contributed by atoms with Gasteiger partial charge < -0.3 is 4.52 Å². The Balaban J connectivity index is 1.98. The van der Waals surface area contributed by atoms with Crippen molar-refractivity contribution < 1.29 is 12.9 Å². The normalized spacial score (nSPS) is 13.1. The molecule has 0 unspecified atom stereocenters. The molecule has 1 atom stereocenters. The summed E-state index contributed by atoms with van der Waals surface area (Å²) >= 11 is 0. The molecule has 0 fully saturated rings. The SMILES string of the molecule is Cc1ccc(S(=O)(=O)N[C@@H](c2cnn(C)c2)c2noc(C)n2)cc1. The van der Waals surface area contributed by atoms with Gasteiger partial charge in [0, 0.05) is 25.7 Å². The Bertz CT molecular complexity index is 903. The number of nitrogens with zero attached hydrogens (tertiary/aromatic N) is 4. The molecule has 0 aliphatic carbocycles. The van der Waals surface area contributed by atoms with Crippen LogP contribution in [0.1, 0.15) is 28.9 Å². The lowest BCUT2D eigenvalue weighted by atomic mass is 10.2. The predicted molar refractivity (Wildman–Crippen MR) is 85.6 cm³/mol. The van der Waals surface area contributed by atoms with Crippen molar-refractivity contribution >= 4 is 10.0 Å². The fourth-order valence-electron chi connectivity index (χ4n) is 2.23. The molecule has 0 spiro atoms. The maximum atomic E-state index is 12.7. The van der Waals surface area contributed by atoms with Gasteiger partial charge in [0.05, 0.1) is 11.1 Å². The summed E-state index contributed by atoms with van der Waals surface area (Å²) in [7, 11) is -2.02. The van der Waals surface area contributed by atoms with Crippen molar-refractivity contribution in [2.24, 2.45) is 7.05 Å². The Hall–Kier alpha value is -2.52. The first-order chi connectivity index (χ1) is 11.3. The maximum absolute atomic E-state index is 12.7.